The molecule has 0 amide bonds. The van der Waals surface area contributed by atoms with E-state index in [1.165, 1.54) is 0 Å². The quantitative estimate of drug-likeness (QED) is 0.563. The maximum Gasteiger partial charge on any atom is 0.0585 e. The Morgan fingerprint density at radius 1 is 0.750 bits per heavy atom. The summed E-state index contributed by atoms with van der Waals surface area (Å²) in [5.41, 5.74) is 1.74. The van der Waals surface area contributed by atoms with Gasteiger partial charge in [0.25, 0.3) is 0 Å². The molecule has 2 atom stereocenters. The van der Waals surface area contributed by atoms with Gasteiger partial charge in [-0.25, -0.2) is 0 Å². The molecule has 0 heterocycles. The zero-order valence-corrected chi connectivity index (χ0v) is 15.3. The molecule has 0 spiro atoms. The van der Waals surface area contributed by atoms with E-state index >= 15 is 0 Å². The Morgan fingerprint density at radius 2 is 1.12 bits per heavy atom. The van der Waals surface area contributed by atoms with E-state index in [9.17, 15) is 8.42 Å². The van der Waals surface area contributed by atoms with Crippen molar-refractivity contribution in [1.82, 2.24) is 0 Å². The van der Waals surface area contributed by atoms with Gasteiger partial charge in [-0.15, -0.1) is 0 Å². The molecular weight excluding hydrogens is 340 g/mol. The maximum atomic E-state index is 11.6. The Kier molecular flexibility index (Phi) is 7.21. The third-order valence-electron chi connectivity index (χ3n) is 3.28. The maximum absolute atomic E-state index is 11.6. The first-order valence-electron chi connectivity index (χ1n) is 7.44. The number of rotatable bonds is 7. The summed E-state index contributed by atoms with van der Waals surface area (Å²) in [6, 6.07) is 15.0. The summed E-state index contributed by atoms with van der Waals surface area (Å²) in [6.45, 7) is 1.08. The van der Waals surface area contributed by atoms with E-state index in [4.69, 9.17) is 0 Å². The van der Waals surface area contributed by atoms with Crippen molar-refractivity contribution in [2.45, 2.75) is 9.79 Å². The van der Waals surface area contributed by atoms with Gasteiger partial charge < -0.3 is 0 Å². The van der Waals surface area contributed by atoms with E-state index in [2.05, 4.69) is 9.98 Å². The third kappa shape index (κ3) is 5.32. The zero-order chi connectivity index (χ0) is 17.4. The smallest absolute Gasteiger partial charge is 0.0585 e. The van der Waals surface area contributed by atoms with Crippen LogP contribution in [0.5, 0.6) is 0 Å². The van der Waals surface area contributed by atoms with Crippen LogP contribution in [0.15, 0.2) is 68.3 Å². The Morgan fingerprint density at radius 3 is 1.50 bits per heavy atom. The summed E-state index contributed by atoms with van der Waals surface area (Å²) in [5, 5.41) is 0. The average Bonchev–Trinajstić information content (AvgIpc) is 2.58. The Labute approximate surface area is 147 Å². The highest BCUT2D eigenvalue weighted by atomic mass is 32.2. The molecule has 0 radical (unpaired) electrons. The standard InChI is InChI=1S/C18H20N2O2S2/c1-23(21)17-9-5-3-7-15(17)13-19-11-12-20-14-16-8-4-6-10-18(16)24(2)22/h3-10,13-14H,11-12H2,1-2H3/t23-,24-/m1/s1. The van der Waals surface area contributed by atoms with E-state index in [-0.39, 0.29) is 0 Å². The summed E-state index contributed by atoms with van der Waals surface area (Å²) in [4.78, 5) is 10.2. The number of nitrogens with zero attached hydrogens (tertiary/aromatic N) is 2. The molecule has 126 valence electrons. The van der Waals surface area contributed by atoms with Crippen molar-refractivity contribution in [3.8, 4) is 0 Å². The molecule has 2 rings (SSSR count). The third-order valence-corrected chi connectivity index (χ3v) is 5.26. The van der Waals surface area contributed by atoms with Crippen molar-refractivity contribution in [3.05, 3.63) is 59.7 Å². The lowest BCUT2D eigenvalue weighted by atomic mass is 10.2. The van der Waals surface area contributed by atoms with Gasteiger partial charge in [0.1, 0.15) is 0 Å². The van der Waals surface area contributed by atoms with Crippen LogP contribution in [0.1, 0.15) is 11.1 Å². The molecule has 0 aromatic heterocycles. The second-order valence-corrected chi connectivity index (χ2v) is 7.75. The molecule has 0 N–H and O–H groups in total. The second kappa shape index (κ2) is 9.39. The second-order valence-electron chi connectivity index (χ2n) is 5.05. The van der Waals surface area contributed by atoms with Crippen LogP contribution in [0.3, 0.4) is 0 Å². The molecule has 6 heteroatoms. The van der Waals surface area contributed by atoms with Gasteiger partial charge in [0.15, 0.2) is 0 Å². The molecule has 0 bridgehead atoms. The van der Waals surface area contributed by atoms with Gasteiger partial charge in [-0.05, 0) is 12.1 Å². The molecule has 24 heavy (non-hydrogen) atoms. The van der Waals surface area contributed by atoms with Crippen LogP contribution in [0, 0.1) is 0 Å². The highest BCUT2D eigenvalue weighted by Crippen LogP contribution is 2.11. The van der Waals surface area contributed by atoms with E-state index in [0.717, 1.165) is 20.9 Å². The molecule has 0 saturated heterocycles. The van der Waals surface area contributed by atoms with Crippen molar-refractivity contribution in [1.29, 1.82) is 0 Å². The van der Waals surface area contributed by atoms with Gasteiger partial charge in [0.2, 0.25) is 0 Å². The minimum absolute atomic E-state index is 0.540. The number of hydrogen-bond donors (Lipinski definition) is 0. The van der Waals surface area contributed by atoms with Crippen LogP contribution in [-0.2, 0) is 21.6 Å². The zero-order valence-electron chi connectivity index (χ0n) is 13.7. The fraction of sp³-hybridized carbons (Fsp3) is 0.222. The summed E-state index contributed by atoms with van der Waals surface area (Å²) >= 11 is 0. The van der Waals surface area contributed by atoms with Crippen molar-refractivity contribution >= 4 is 34.0 Å². The van der Waals surface area contributed by atoms with Crippen LogP contribution in [0.25, 0.3) is 0 Å². The molecule has 0 aliphatic rings. The predicted molar refractivity (Wildman–Crippen MR) is 102 cm³/mol. The highest BCUT2D eigenvalue weighted by Gasteiger charge is 2.03. The van der Waals surface area contributed by atoms with Gasteiger partial charge in [0.05, 0.1) is 34.7 Å². The Hall–Kier alpha value is -1.92. The Bertz CT molecular complexity index is 734. The lowest BCUT2D eigenvalue weighted by Crippen LogP contribution is -1.97. The molecule has 4 nitrogen and oxygen atoms in total. The molecule has 0 aliphatic heterocycles. The van der Waals surface area contributed by atoms with Crippen LogP contribution in [0.2, 0.25) is 0 Å². The predicted octanol–water partition coefficient (Wildman–Crippen LogP) is 2.70. The highest BCUT2D eigenvalue weighted by molar-refractivity contribution is 7.84. The minimum atomic E-state index is -1.03. The van der Waals surface area contributed by atoms with E-state index in [1.807, 2.05) is 48.5 Å². The van der Waals surface area contributed by atoms with E-state index < -0.39 is 21.6 Å². The normalized spacial score (nSPS) is 14.2. The molecule has 2 aromatic carbocycles. The van der Waals surface area contributed by atoms with Crippen LogP contribution >= 0.6 is 0 Å². The molecule has 2 aromatic rings. The molecular formula is C18H20N2O2S2. The average molecular weight is 361 g/mol. The Balaban J connectivity index is 1.94. The topological polar surface area (TPSA) is 58.9 Å². The van der Waals surface area contributed by atoms with E-state index in [0.29, 0.717) is 13.1 Å². The summed E-state index contributed by atoms with van der Waals surface area (Å²) in [7, 11) is -2.06. The van der Waals surface area contributed by atoms with Gasteiger partial charge in [-0.2, -0.15) is 0 Å². The SMILES string of the molecule is C[S@@](=O)c1ccccc1C=NCCN=Cc1ccccc1[S@@](C)=O. The fourth-order valence-electron chi connectivity index (χ4n) is 2.14. The van der Waals surface area contributed by atoms with Gasteiger partial charge >= 0.3 is 0 Å². The summed E-state index contributed by atoms with van der Waals surface area (Å²) in [6.07, 6.45) is 6.79. The monoisotopic (exact) mass is 360 g/mol. The van der Waals surface area contributed by atoms with Crippen LogP contribution in [0.4, 0.5) is 0 Å². The first kappa shape index (κ1) is 18.4. The van der Waals surface area contributed by atoms with Crippen molar-refractivity contribution < 1.29 is 8.42 Å². The lowest BCUT2D eigenvalue weighted by molar-refractivity contribution is 0.686. The van der Waals surface area contributed by atoms with Crippen molar-refractivity contribution in [3.63, 3.8) is 0 Å². The lowest BCUT2D eigenvalue weighted by Gasteiger charge is -2.01. The summed E-state index contributed by atoms with van der Waals surface area (Å²) in [5.74, 6) is 0. The molecule has 0 fully saturated rings. The largest absolute Gasteiger partial charge is 0.291 e. The fourth-order valence-corrected chi connectivity index (χ4v) is 3.58. The van der Waals surface area contributed by atoms with Crippen molar-refractivity contribution in [2.24, 2.45) is 9.98 Å². The minimum Gasteiger partial charge on any atom is -0.291 e. The first-order valence-corrected chi connectivity index (χ1v) is 10.6. The number of aliphatic imine (C=N–C) groups is 2. The molecule has 0 unspecified atom stereocenters. The van der Waals surface area contributed by atoms with Crippen LogP contribution < -0.4 is 0 Å². The number of benzene rings is 2. The van der Waals surface area contributed by atoms with Gasteiger partial charge in [0, 0.05) is 45.9 Å². The summed E-state index contributed by atoms with van der Waals surface area (Å²) < 4.78 is 23.3. The van der Waals surface area contributed by atoms with Crippen molar-refractivity contribution in [2.75, 3.05) is 25.6 Å². The number of hydrogen-bond acceptors (Lipinski definition) is 4. The van der Waals surface area contributed by atoms with Crippen LogP contribution in [-0.4, -0.2) is 46.4 Å². The molecule has 0 saturated carbocycles. The van der Waals surface area contributed by atoms with E-state index in [1.54, 1.807) is 24.9 Å². The van der Waals surface area contributed by atoms with Gasteiger partial charge in [-0.1, -0.05) is 36.4 Å². The van der Waals surface area contributed by atoms with Gasteiger partial charge in [-0.3, -0.25) is 18.4 Å². The first-order chi connectivity index (χ1) is 11.6. The molecule has 0 aliphatic carbocycles.